The van der Waals surface area contributed by atoms with Crippen LogP contribution in [-0.4, -0.2) is 34.1 Å². The van der Waals surface area contributed by atoms with E-state index in [2.05, 4.69) is 4.99 Å². The van der Waals surface area contributed by atoms with Gasteiger partial charge in [0, 0.05) is 0 Å². The Balaban J connectivity index is 2.94. The molecule has 3 N–H and O–H groups in total. The molecule has 15 heavy (non-hydrogen) atoms. The van der Waals surface area contributed by atoms with Crippen molar-refractivity contribution in [3.8, 4) is 0 Å². The van der Waals surface area contributed by atoms with Crippen molar-refractivity contribution >= 4 is 11.8 Å². The number of aliphatic imine (C=N–C) groups is 1. The molecule has 80 valence electrons. The van der Waals surface area contributed by atoms with Gasteiger partial charge >= 0.3 is 0 Å². The summed E-state index contributed by atoms with van der Waals surface area (Å²) in [5.41, 5.74) is 0.722. The third kappa shape index (κ3) is 2.97. The number of isocyanates is 1. The number of aliphatic hydroxyl groups excluding tert-OH is 3. The van der Waals surface area contributed by atoms with Gasteiger partial charge in [0.25, 0.3) is 0 Å². The van der Waals surface area contributed by atoms with E-state index < -0.39 is 18.8 Å². The van der Waals surface area contributed by atoms with Gasteiger partial charge in [-0.3, -0.25) is 0 Å². The van der Waals surface area contributed by atoms with Crippen LogP contribution in [0.5, 0.6) is 0 Å². The number of carbonyl (C=O) groups excluding carboxylic acids is 1. The smallest absolute Gasteiger partial charge is 0.240 e. The summed E-state index contributed by atoms with van der Waals surface area (Å²) < 4.78 is 0. The zero-order chi connectivity index (χ0) is 11.3. The van der Waals surface area contributed by atoms with E-state index >= 15 is 0 Å². The summed E-state index contributed by atoms with van der Waals surface area (Å²) in [6.07, 6.45) is -1.07. The predicted octanol–water partition coefficient (Wildman–Crippen LogP) is 0.0405. The fourth-order valence-corrected chi connectivity index (χ4v) is 1.15. The maximum absolute atomic E-state index is 10.0. The Labute approximate surface area is 86.3 Å². The second kappa shape index (κ2) is 5.38. The Morgan fingerprint density at radius 2 is 2.13 bits per heavy atom. The molecular weight excluding hydrogens is 198 g/mol. The first-order valence-electron chi connectivity index (χ1n) is 4.34. The molecule has 1 aromatic rings. The van der Waals surface area contributed by atoms with Crippen LogP contribution in [0.25, 0.3) is 0 Å². The molecule has 0 bridgehead atoms. The molecule has 0 aliphatic heterocycles. The molecule has 2 atom stereocenters. The average Bonchev–Trinajstić information content (AvgIpc) is 2.28. The lowest BCUT2D eigenvalue weighted by Gasteiger charge is -2.15. The molecule has 5 nitrogen and oxygen atoms in total. The summed E-state index contributed by atoms with van der Waals surface area (Å²) in [6, 6.07) is 6.15. The van der Waals surface area contributed by atoms with Crippen LogP contribution in [0, 0.1) is 0 Å². The van der Waals surface area contributed by atoms with Gasteiger partial charge in [-0.2, -0.15) is 4.99 Å². The van der Waals surface area contributed by atoms with Gasteiger partial charge in [-0.1, -0.05) is 12.1 Å². The Morgan fingerprint density at radius 1 is 1.40 bits per heavy atom. The second-order valence-corrected chi connectivity index (χ2v) is 2.99. The SMILES string of the molecule is O=C=Nc1cccc(C(O)C(O)CO)c1. The van der Waals surface area contributed by atoms with Crippen molar-refractivity contribution in [3.63, 3.8) is 0 Å². The number of hydrogen-bond donors (Lipinski definition) is 3. The molecule has 0 radical (unpaired) electrons. The molecule has 5 heteroatoms. The predicted molar refractivity (Wildman–Crippen MR) is 52.3 cm³/mol. The molecule has 0 heterocycles. The van der Waals surface area contributed by atoms with Gasteiger partial charge in [0.2, 0.25) is 6.08 Å². The van der Waals surface area contributed by atoms with Crippen LogP contribution in [0.2, 0.25) is 0 Å². The van der Waals surface area contributed by atoms with E-state index in [1.165, 1.54) is 12.1 Å². The van der Waals surface area contributed by atoms with E-state index in [4.69, 9.17) is 5.11 Å². The fourth-order valence-electron chi connectivity index (χ4n) is 1.15. The molecule has 0 aliphatic rings. The summed E-state index contributed by atoms with van der Waals surface area (Å²) in [5.74, 6) is 0. The van der Waals surface area contributed by atoms with E-state index in [0.717, 1.165) is 0 Å². The highest BCUT2D eigenvalue weighted by molar-refractivity contribution is 5.50. The van der Waals surface area contributed by atoms with Gasteiger partial charge in [-0.05, 0) is 17.7 Å². The van der Waals surface area contributed by atoms with Crippen molar-refractivity contribution < 1.29 is 20.1 Å². The fraction of sp³-hybridized carbons (Fsp3) is 0.300. The molecule has 2 unspecified atom stereocenters. The van der Waals surface area contributed by atoms with E-state index in [0.29, 0.717) is 11.3 Å². The Hall–Kier alpha value is -1.52. The average molecular weight is 209 g/mol. The molecule has 0 saturated heterocycles. The van der Waals surface area contributed by atoms with Crippen molar-refractivity contribution in [2.75, 3.05) is 6.61 Å². The first-order valence-corrected chi connectivity index (χ1v) is 4.34. The highest BCUT2D eigenvalue weighted by atomic mass is 16.4. The Bertz CT molecular complexity index is 373. The molecule has 1 aromatic carbocycles. The number of hydrogen-bond acceptors (Lipinski definition) is 5. The van der Waals surface area contributed by atoms with Crippen LogP contribution < -0.4 is 0 Å². The topological polar surface area (TPSA) is 90.1 Å². The summed E-state index contributed by atoms with van der Waals surface area (Å²) in [6.45, 7) is -0.539. The number of benzene rings is 1. The van der Waals surface area contributed by atoms with E-state index in [-0.39, 0.29) is 0 Å². The lowest BCUT2D eigenvalue weighted by atomic mass is 10.0. The summed E-state index contributed by atoms with van der Waals surface area (Å²) in [5, 5.41) is 27.4. The van der Waals surface area contributed by atoms with Crippen LogP contribution in [0.15, 0.2) is 29.3 Å². The van der Waals surface area contributed by atoms with E-state index in [9.17, 15) is 15.0 Å². The van der Waals surface area contributed by atoms with Crippen LogP contribution in [0.4, 0.5) is 5.69 Å². The molecule has 0 amide bonds. The molecular formula is C10H11NO4. The van der Waals surface area contributed by atoms with Gasteiger partial charge in [0.15, 0.2) is 0 Å². The Kier molecular flexibility index (Phi) is 4.15. The zero-order valence-electron chi connectivity index (χ0n) is 7.87. The third-order valence-electron chi connectivity index (χ3n) is 1.94. The first kappa shape index (κ1) is 11.6. The summed E-state index contributed by atoms with van der Waals surface area (Å²) >= 11 is 0. The summed E-state index contributed by atoms with van der Waals surface area (Å²) in [4.78, 5) is 13.4. The van der Waals surface area contributed by atoms with Crippen molar-refractivity contribution in [3.05, 3.63) is 29.8 Å². The van der Waals surface area contributed by atoms with Gasteiger partial charge in [0.1, 0.15) is 12.2 Å². The van der Waals surface area contributed by atoms with Crippen molar-refractivity contribution in [2.24, 2.45) is 4.99 Å². The van der Waals surface area contributed by atoms with Crippen molar-refractivity contribution in [1.82, 2.24) is 0 Å². The normalized spacial score (nSPS) is 14.1. The molecule has 0 fully saturated rings. The standard InChI is InChI=1S/C10H11NO4/c12-5-9(14)10(15)7-2-1-3-8(4-7)11-6-13/h1-4,9-10,12,14-15H,5H2. The first-order chi connectivity index (χ1) is 7.19. The van der Waals surface area contributed by atoms with Crippen LogP contribution in [0.1, 0.15) is 11.7 Å². The number of nitrogens with zero attached hydrogens (tertiary/aromatic N) is 1. The van der Waals surface area contributed by atoms with Gasteiger partial charge in [0.05, 0.1) is 12.3 Å². The maximum atomic E-state index is 10.0. The molecule has 0 aliphatic carbocycles. The van der Waals surface area contributed by atoms with Gasteiger partial charge in [-0.25, -0.2) is 4.79 Å². The molecule has 0 aromatic heterocycles. The molecule has 0 spiro atoms. The lowest BCUT2D eigenvalue weighted by molar-refractivity contribution is -0.0152. The number of aliphatic hydroxyl groups is 3. The Morgan fingerprint density at radius 3 is 2.73 bits per heavy atom. The lowest BCUT2D eigenvalue weighted by Crippen LogP contribution is -2.21. The van der Waals surface area contributed by atoms with Crippen molar-refractivity contribution in [1.29, 1.82) is 0 Å². The maximum Gasteiger partial charge on any atom is 0.240 e. The molecule has 1 rings (SSSR count). The van der Waals surface area contributed by atoms with Crippen LogP contribution >= 0.6 is 0 Å². The second-order valence-electron chi connectivity index (χ2n) is 2.99. The highest BCUT2D eigenvalue weighted by Gasteiger charge is 2.17. The largest absolute Gasteiger partial charge is 0.394 e. The van der Waals surface area contributed by atoms with Gasteiger partial charge < -0.3 is 15.3 Å². The zero-order valence-corrected chi connectivity index (χ0v) is 7.87. The van der Waals surface area contributed by atoms with E-state index in [1.807, 2.05) is 0 Å². The minimum atomic E-state index is -1.25. The van der Waals surface area contributed by atoms with E-state index in [1.54, 1.807) is 18.2 Å². The minimum Gasteiger partial charge on any atom is -0.394 e. The molecule has 0 saturated carbocycles. The van der Waals surface area contributed by atoms with Gasteiger partial charge in [-0.15, -0.1) is 0 Å². The minimum absolute atomic E-state index is 0.340. The van der Waals surface area contributed by atoms with Crippen LogP contribution in [0.3, 0.4) is 0 Å². The highest BCUT2D eigenvalue weighted by Crippen LogP contribution is 2.21. The summed E-state index contributed by atoms with van der Waals surface area (Å²) in [7, 11) is 0. The quantitative estimate of drug-likeness (QED) is 0.482. The van der Waals surface area contributed by atoms with Crippen molar-refractivity contribution in [2.45, 2.75) is 12.2 Å². The number of rotatable bonds is 4. The van der Waals surface area contributed by atoms with Crippen LogP contribution in [-0.2, 0) is 4.79 Å². The third-order valence-corrected chi connectivity index (χ3v) is 1.94. The monoisotopic (exact) mass is 209 g/mol.